The summed E-state index contributed by atoms with van der Waals surface area (Å²) in [4.78, 5) is 25.8. The van der Waals surface area contributed by atoms with E-state index in [1.165, 1.54) is 5.56 Å². The third kappa shape index (κ3) is 5.85. The summed E-state index contributed by atoms with van der Waals surface area (Å²) in [5.74, 6) is -0.0315. The highest BCUT2D eigenvalue weighted by atomic mass is 16.5. The number of hydrogen-bond acceptors (Lipinski definition) is 4. The molecule has 0 bridgehead atoms. The maximum absolute atomic E-state index is 12.2. The lowest BCUT2D eigenvalue weighted by molar-refractivity contribution is -0.117. The first kappa shape index (κ1) is 18.3. The van der Waals surface area contributed by atoms with Gasteiger partial charge >= 0.3 is 6.09 Å². The third-order valence-corrected chi connectivity index (χ3v) is 4.12. The smallest absolute Gasteiger partial charge is 0.407 e. The van der Waals surface area contributed by atoms with Gasteiger partial charge in [0.05, 0.1) is 13.2 Å². The van der Waals surface area contributed by atoms with Crippen molar-refractivity contribution < 1.29 is 14.3 Å². The zero-order chi connectivity index (χ0) is 17.4. The summed E-state index contributed by atoms with van der Waals surface area (Å²) in [5.41, 5.74) is 2.06. The van der Waals surface area contributed by atoms with Gasteiger partial charge in [-0.25, -0.2) is 4.79 Å². The summed E-state index contributed by atoms with van der Waals surface area (Å²) in [7, 11) is 0. The number of hydrogen-bond donors (Lipinski definition) is 2. The van der Waals surface area contributed by atoms with E-state index in [-0.39, 0.29) is 18.0 Å². The first-order valence-electron chi connectivity index (χ1n) is 8.65. The molecule has 0 radical (unpaired) electrons. The predicted octanol–water partition coefficient (Wildman–Crippen LogP) is 2.40. The van der Waals surface area contributed by atoms with Crippen molar-refractivity contribution in [2.24, 2.45) is 0 Å². The molecule has 0 spiro atoms. The molecule has 2 amide bonds. The van der Waals surface area contributed by atoms with Crippen LogP contribution in [-0.2, 0) is 16.0 Å². The number of anilines is 1. The summed E-state index contributed by atoms with van der Waals surface area (Å²) in [6.45, 7) is 6.11. The van der Waals surface area contributed by atoms with E-state index in [2.05, 4.69) is 22.5 Å². The quantitative estimate of drug-likeness (QED) is 0.839. The van der Waals surface area contributed by atoms with Crippen molar-refractivity contribution in [1.82, 2.24) is 10.2 Å². The highest BCUT2D eigenvalue weighted by Crippen LogP contribution is 2.12. The van der Waals surface area contributed by atoms with E-state index in [4.69, 9.17) is 4.74 Å². The second kappa shape index (κ2) is 9.27. The molecular weight excluding hydrogens is 306 g/mol. The predicted molar refractivity (Wildman–Crippen MR) is 94.1 cm³/mol. The van der Waals surface area contributed by atoms with Crippen LogP contribution in [0.25, 0.3) is 0 Å². The summed E-state index contributed by atoms with van der Waals surface area (Å²) >= 11 is 0. The number of alkyl carbamates (subject to hydrolysis) is 1. The number of aryl methyl sites for hydroxylation is 1. The highest BCUT2D eigenvalue weighted by molar-refractivity contribution is 5.92. The maximum atomic E-state index is 12.2. The van der Waals surface area contributed by atoms with Gasteiger partial charge in [0.2, 0.25) is 5.91 Å². The van der Waals surface area contributed by atoms with Crippen LogP contribution in [-0.4, -0.2) is 49.2 Å². The van der Waals surface area contributed by atoms with E-state index in [0.717, 1.165) is 31.5 Å². The molecule has 2 N–H and O–H groups in total. The zero-order valence-corrected chi connectivity index (χ0v) is 14.5. The fraction of sp³-hybridized carbons (Fsp3) is 0.556. The molecule has 2 rings (SSSR count). The Labute approximate surface area is 143 Å². The molecule has 6 nitrogen and oxygen atoms in total. The Balaban J connectivity index is 1.78. The standard InChI is InChI=1S/C18H27N3O3/c1-3-14-7-9-15(10-8-14)19-17(22)13-21-11-5-6-16(12-21)20-18(23)24-4-2/h7-10,16H,3-6,11-13H2,1-2H3,(H,19,22)(H,20,23). The number of carbonyl (C=O) groups is 2. The molecule has 0 aromatic heterocycles. The van der Waals surface area contributed by atoms with Crippen molar-refractivity contribution in [3.8, 4) is 0 Å². The number of ether oxygens (including phenoxy) is 1. The average molecular weight is 333 g/mol. The summed E-state index contributed by atoms with van der Waals surface area (Å²) in [5, 5.41) is 5.77. The highest BCUT2D eigenvalue weighted by Gasteiger charge is 2.23. The van der Waals surface area contributed by atoms with Gasteiger partial charge in [0.1, 0.15) is 0 Å². The molecule has 1 atom stereocenters. The second-order valence-corrected chi connectivity index (χ2v) is 6.04. The Kier molecular flexibility index (Phi) is 7.06. The van der Waals surface area contributed by atoms with Gasteiger partial charge in [-0.15, -0.1) is 0 Å². The number of likely N-dealkylation sites (tertiary alicyclic amines) is 1. The van der Waals surface area contributed by atoms with E-state index in [1.807, 2.05) is 24.3 Å². The first-order valence-corrected chi connectivity index (χ1v) is 8.65. The molecule has 1 saturated heterocycles. The molecule has 1 fully saturated rings. The largest absolute Gasteiger partial charge is 0.450 e. The number of carbonyl (C=O) groups excluding carboxylic acids is 2. The van der Waals surface area contributed by atoms with Gasteiger partial charge in [0, 0.05) is 18.3 Å². The van der Waals surface area contributed by atoms with Crippen molar-refractivity contribution in [3.63, 3.8) is 0 Å². The minimum Gasteiger partial charge on any atom is -0.450 e. The van der Waals surface area contributed by atoms with E-state index in [0.29, 0.717) is 19.7 Å². The van der Waals surface area contributed by atoms with Gasteiger partial charge in [-0.05, 0) is 50.4 Å². The second-order valence-electron chi connectivity index (χ2n) is 6.04. The van der Waals surface area contributed by atoms with Crippen LogP contribution in [0.5, 0.6) is 0 Å². The lowest BCUT2D eigenvalue weighted by Crippen LogP contribution is -2.49. The molecule has 1 aromatic rings. The zero-order valence-electron chi connectivity index (χ0n) is 14.5. The van der Waals surface area contributed by atoms with Gasteiger partial charge in [-0.2, -0.15) is 0 Å². The molecule has 0 saturated carbocycles. The molecule has 6 heteroatoms. The van der Waals surface area contributed by atoms with Crippen molar-refractivity contribution in [2.75, 3.05) is 31.6 Å². The molecule has 1 aliphatic heterocycles. The molecule has 1 aromatic carbocycles. The Morgan fingerprint density at radius 1 is 1.25 bits per heavy atom. The van der Waals surface area contributed by atoms with Crippen LogP contribution in [0.1, 0.15) is 32.3 Å². The van der Waals surface area contributed by atoms with Crippen LogP contribution in [0.2, 0.25) is 0 Å². The molecule has 1 unspecified atom stereocenters. The molecule has 24 heavy (non-hydrogen) atoms. The molecule has 1 heterocycles. The van der Waals surface area contributed by atoms with Crippen LogP contribution in [0.4, 0.5) is 10.5 Å². The van der Waals surface area contributed by atoms with Crippen molar-refractivity contribution in [1.29, 1.82) is 0 Å². The Hall–Kier alpha value is -2.08. The summed E-state index contributed by atoms with van der Waals surface area (Å²) < 4.78 is 4.91. The topological polar surface area (TPSA) is 70.7 Å². The van der Waals surface area contributed by atoms with E-state index in [1.54, 1.807) is 6.92 Å². The number of piperidine rings is 1. The van der Waals surface area contributed by atoms with Gasteiger partial charge in [0.15, 0.2) is 0 Å². The Bertz CT molecular complexity index is 545. The summed E-state index contributed by atoms with van der Waals surface area (Å²) in [6.07, 6.45) is 2.46. The van der Waals surface area contributed by atoms with Gasteiger partial charge in [0.25, 0.3) is 0 Å². The fourth-order valence-corrected chi connectivity index (χ4v) is 2.88. The van der Waals surface area contributed by atoms with Crippen molar-refractivity contribution >= 4 is 17.7 Å². The number of rotatable bonds is 6. The minimum absolute atomic E-state index is 0.0315. The third-order valence-electron chi connectivity index (χ3n) is 4.12. The molecule has 132 valence electrons. The lowest BCUT2D eigenvalue weighted by Gasteiger charge is -2.32. The fourth-order valence-electron chi connectivity index (χ4n) is 2.88. The van der Waals surface area contributed by atoms with Crippen LogP contribution in [0.3, 0.4) is 0 Å². The molecular formula is C18H27N3O3. The van der Waals surface area contributed by atoms with Crippen LogP contribution >= 0.6 is 0 Å². The molecule has 1 aliphatic rings. The molecule has 0 aliphatic carbocycles. The SMILES string of the molecule is CCOC(=O)NC1CCCN(CC(=O)Nc2ccc(CC)cc2)C1. The van der Waals surface area contributed by atoms with E-state index >= 15 is 0 Å². The Morgan fingerprint density at radius 3 is 2.67 bits per heavy atom. The van der Waals surface area contributed by atoms with Crippen LogP contribution in [0, 0.1) is 0 Å². The number of benzene rings is 1. The van der Waals surface area contributed by atoms with Crippen LogP contribution < -0.4 is 10.6 Å². The van der Waals surface area contributed by atoms with Crippen LogP contribution in [0.15, 0.2) is 24.3 Å². The van der Waals surface area contributed by atoms with E-state index in [9.17, 15) is 9.59 Å². The minimum atomic E-state index is -0.384. The average Bonchev–Trinajstić information content (AvgIpc) is 2.56. The monoisotopic (exact) mass is 333 g/mol. The number of nitrogens with one attached hydrogen (secondary N) is 2. The van der Waals surface area contributed by atoms with Crippen molar-refractivity contribution in [2.45, 2.75) is 39.2 Å². The maximum Gasteiger partial charge on any atom is 0.407 e. The normalized spacial score (nSPS) is 18.0. The lowest BCUT2D eigenvalue weighted by atomic mass is 10.1. The summed E-state index contributed by atoms with van der Waals surface area (Å²) in [6, 6.07) is 7.94. The Morgan fingerprint density at radius 2 is 2.00 bits per heavy atom. The van der Waals surface area contributed by atoms with E-state index < -0.39 is 0 Å². The first-order chi connectivity index (χ1) is 11.6. The van der Waals surface area contributed by atoms with Crippen molar-refractivity contribution in [3.05, 3.63) is 29.8 Å². The number of nitrogens with zero attached hydrogens (tertiary/aromatic N) is 1. The van der Waals surface area contributed by atoms with Gasteiger partial charge < -0.3 is 15.4 Å². The number of amides is 2. The van der Waals surface area contributed by atoms with Gasteiger partial charge in [-0.1, -0.05) is 19.1 Å². The van der Waals surface area contributed by atoms with Gasteiger partial charge in [-0.3, -0.25) is 9.69 Å².